The highest BCUT2D eigenvalue weighted by molar-refractivity contribution is 5.72. The van der Waals surface area contributed by atoms with Crippen molar-refractivity contribution >= 4 is 17.2 Å². The molecule has 0 atom stereocenters. The maximum absolute atomic E-state index is 13.2. The lowest BCUT2D eigenvalue weighted by Crippen LogP contribution is -2.10. The number of nitrogen functional groups attached to an aromatic ring is 1. The Morgan fingerprint density at radius 2 is 2.05 bits per heavy atom. The summed E-state index contributed by atoms with van der Waals surface area (Å²) >= 11 is 0. The number of aryl methyl sites for hydroxylation is 1. The Morgan fingerprint density at radius 1 is 1.30 bits per heavy atom. The first-order valence-electron chi connectivity index (χ1n) is 6.27. The smallest absolute Gasteiger partial charge is 0.242 e. The molecule has 2 rings (SSSR count). The van der Waals surface area contributed by atoms with Crippen LogP contribution >= 0.6 is 0 Å². The molecule has 3 N–H and O–H groups in total. The number of aromatic nitrogens is 2. The summed E-state index contributed by atoms with van der Waals surface area (Å²) in [6, 6.07) is 4.69. The van der Waals surface area contributed by atoms with E-state index in [2.05, 4.69) is 15.3 Å². The molecule has 1 aromatic carbocycles. The zero-order valence-corrected chi connectivity index (χ0v) is 11.6. The van der Waals surface area contributed by atoms with Gasteiger partial charge in [-0.1, -0.05) is 0 Å². The number of rotatable bonds is 4. The summed E-state index contributed by atoms with van der Waals surface area (Å²) in [5, 5.41) is 3.03. The predicted octanol–water partition coefficient (Wildman–Crippen LogP) is 3.04. The van der Waals surface area contributed by atoms with E-state index in [0.717, 1.165) is 0 Å². The lowest BCUT2D eigenvalue weighted by Gasteiger charge is -2.14. The second-order valence-corrected chi connectivity index (χ2v) is 4.70. The molecule has 20 heavy (non-hydrogen) atoms. The van der Waals surface area contributed by atoms with Gasteiger partial charge in [-0.2, -0.15) is 4.98 Å². The van der Waals surface area contributed by atoms with Crippen LogP contribution in [0.3, 0.4) is 0 Å². The molecule has 0 spiro atoms. The summed E-state index contributed by atoms with van der Waals surface area (Å²) in [6.07, 6.45) is 1.33. The van der Waals surface area contributed by atoms with Crippen LogP contribution in [0.25, 0.3) is 0 Å². The highest BCUT2D eigenvalue weighted by Crippen LogP contribution is 2.28. The Morgan fingerprint density at radius 3 is 2.70 bits per heavy atom. The molecule has 0 unspecified atom stereocenters. The number of anilines is 3. The fourth-order valence-corrected chi connectivity index (χ4v) is 1.66. The van der Waals surface area contributed by atoms with Crippen LogP contribution in [0.2, 0.25) is 0 Å². The molecule has 0 fully saturated rings. The van der Waals surface area contributed by atoms with E-state index in [1.807, 2.05) is 13.8 Å². The van der Waals surface area contributed by atoms with Crippen LogP contribution in [0.4, 0.5) is 21.6 Å². The molecule has 1 heterocycles. The minimum atomic E-state index is -0.255. The molecule has 0 amide bonds. The normalized spacial score (nSPS) is 10.7. The van der Waals surface area contributed by atoms with Gasteiger partial charge in [-0.25, -0.2) is 9.37 Å². The molecule has 5 nitrogen and oxygen atoms in total. The number of nitrogens with one attached hydrogen (secondary N) is 1. The molecule has 0 bridgehead atoms. The minimum absolute atomic E-state index is 0.0342. The quantitative estimate of drug-likeness (QED) is 0.898. The maximum atomic E-state index is 13.2. The largest absolute Gasteiger partial charge is 0.473 e. The van der Waals surface area contributed by atoms with Crippen molar-refractivity contribution in [3.05, 3.63) is 35.9 Å². The first kappa shape index (κ1) is 14.0. The van der Waals surface area contributed by atoms with E-state index in [9.17, 15) is 4.39 Å². The van der Waals surface area contributed by atoms with Gasteiger partial charge in [0.25, 0.3) is 0 Å². The van der Waals surface area contributed by atoms with E-state index in [0.29, 0.717) is 28.6 Å². The molecular formula is C14H17FN4O. The van der Waals surface area contributed by atoms with Gasteiger partial charge in [-0.05, 0) is 44.5 Å². The fourth-order valence-electron chi connectivity index (χ4n) is 1.66. The molecular weight excluding hydrogens is 259 g/mol. The predicted molar refractivity (Wildman–Crippen MR) is 76.6 cm³/mol. The number of hydrogen-bond acceptors (Lipinski definition) is 5. The van der Waals surface area contributed by atoms with Crippen LogP contribution in [0, 0.1) is 12.7 Å². The van der Waals surface area contributed by atoms with Gasteiger partial charge < -0.3 is 15.8 Å². The molecule has 1 aromatic heterocycles. The number of nitrogens with zero attached hydrogens (tertiary/aromatic N) is 2. The lowest BCUT2D eigenvalue weighted by atomic mass is 10.2. The summed E-state index contributed by atoms with van der Waals surface area (Å²) in [7, 11) is 0. The highest BCUT2D eigenvalue weighted by atomic mass is 19.1. The molecule has 0 aliphatic heterocycles. The van der Waals surface area contributed by atoms with Crippen molar-refractivity contribution in [1.82, 2.24) is 9.97 Å². The van der Waals surface area contributed by atoms with Crippen molar-refractivity contribution in [2.45, 2.75) is 26.9 Å². The Kier molecular flexibility index (Phi) is 4.02. The Hall–Kier alpha value is -2.37. The van der Waals surface area contributed by atoms with Crippen LogP contribution in [-0.2, 0) is 0 Å². The summed E-state index contributed by atoms with van der Waals surface area (Å²) in [6.45, 7) is 5.47. The Balaban J connectivity index is 2.27. The van der Waals surface area contributed by atoms with Crippen LogP contribution in [0.5, 0.6) is 5.88 Å². The van der Waals surface area contributed by atoms with Crippen LogP contribution in [0.1, 0.15) is 19.4 Å². The second-order valence-electron chi connectivity index (χ2n) is 4.70. The topological polar surface area (TPSA) is 73.1 Å². The average molecular weight is 276 g/mol. The van der Waals surface area contributed by atoms with Crippen molar-refractivity contribution in [3.8, 4) is 5.88 Å². The van der Waals surface area contributed by atoms with Gasteiger partial charge in [0.15, 0.2) is 5.82 Å². The number of benzene rings is 1. The van der Waals surface area contributed by atoms with E-state index in [4.69, 9.17) is 10.5 Å². The highest BCUT2D eigenvalue weighted by Gasteiger charge is 2.11. The van der Waals surface area contributed by atoms with Crippen molar-refractivity contribution in [2.75, 3.05) is 11.1 Å². The summed E-state index contributed by atoms with van der Waals surface area (Å²) in [4.78, 5) is 8.07. The zero-order chi connectivity index (χ0) is 14.7. The van der Waals surface area contributed by atoms with Crippen molar-refractivity contribution in [3.63, 3.8) is 0 Å². The molecule has 0 aliphatic carbocycles. The number of hydrogen-bond donors (Lipinski definition) is 2. The second kappa shape index (κ2) is 5.73. The monoisotopic (exact) mass is 276 g/mol. The van der Waals surface area contributed by atoms with E-state index < -0.39 is 0 Å². The van der Waals surface area contributed by atoms with E-state index in [1.165, 1.54) is 12.4 Å². The van der Waals surface area contributed by atoms with Gasteiger partial charge in [0, 0.05) is 5.69 Å². The fraction of sp³-hybridized carbons (Fsp3) is 0.286. The molecule has 6 heteroatoms. The number of ether oxygens (including phenoxy) is 1. The minimum Gasteiger partial charge on any atom is -0.473 e. The molecule has 0 saturated heterocycles. The average Bonchev–Trinajstić information content (AvgIpc) is 2.38. The van der Waals surface area contributed by atoms with Crippen LogP contribution < -0.4 is 15.8 Å². The third-order valence-electron chi connectivity index (χ3n) is 2.62. The first-order chi connectivity index (χ1) is 9.47. The van der Waals surface area contributed by atoms with Crippen molar-refractivity contribution in [1.29, 1.82) is 0 Å². The molecule has 0 saturated carbocycles. The zero-order valence-electron chi connectivity index (χ0n) is 11.6. The molecule has 106 valence electrons. The van der Waals surface area contributed by atoms with Gasteiger partial charge in [-0.15, -0.1) is 0 Å². The third kappa shape index (κ3) is 3.14. The third-order valence-corrected chi connectivity index (χ3v) is 2.62. The summed E-state index contributed by atoms with van der Waals surface area (Å²) in [5.41, 5.74) is 7.52. The molecule has 2 aromatic rings. The number of halogens is 1. The molecule has 0 aliphatic rings. The summed E-state index contributed by atoms with van der Waals surface area (Å²) < 4.78 is 18.7. The van der Waals surface area contributed by atoms with Crippen molar-refractivity contribution < 1.29 is 9.13 Å². The Bertz CT molecular complexity index is 616. The molecule has 0 radical (unpaired) electrons. The van der Waals surface area contributed by atoms with Crippen LogP contribution in [-0.4, -0.2) is 16.1 Å². The van der Waals surface area contributed by atoms with E-state index in [1.54, 1.807) is 19.1 Å². The van der Waals surface area contributed by atoms with Gasteiger partial charge in [0.05, 0.1) is 6.10 Å². The number of nitrogens with two attached hydrogens (primary N) is 1. The summed E-state index contributed by atoms with van der Waals surface area (Å²) in [5.74, 6) is 0.507. The lowest BCUT2D eigenvalue weighted by molar-refractivity contribution is 0.234. The standard InChI is InChI=1S/C14H17FN4O/c1-8(2)20-14-12(16)13(17-7-18-14)19-10-4-5-11(15)9(3)6-10/h4-8H,16H2,1-3H3,(H,17,18,19). The van der Waals surface area contributed by atoms with E-state index in [-0.39, 0.29) is 11.9 Å². The van der Waals surface area contributed by atoms with E-state index >= 15 is 0 Å². The van der Waals surface area contributed by atoms with Gasteiger partial charge in [0.2, 0.25) is 5.88 Å². The van der Waals surface area contributed by atoms with Crippen molar-refractivity contribution in [2.24, 2.45) is 0 Å². The van der Waals surface area contributed by atoms with Gasteiger partial charge in [-0.3, -0.25) is 0 Å². The first-order valence-corrected chi connectivity index (χ1v) is 6.27. The van der Waals surface area contributed by atoms with Gasteiger partial charge in [0.1, 0.15) is 17.8 Å². The Labute approximate surface area is 117 Å². The maximum Gasteiger partial charge on any atom is 0.242 e. The SMILES string of the molecule is Cc1cc(Nc2ncnc(OC(C)C)c2N)ccc1F. The van der Waals surface area contributed by atoms with Gasteiger partial charge >= 0.3 is 0 Å². The van der Waals surface area contributed by atoms with Crippen LogP contribution in [0.15, 0.2) is 24.5 Å².